The monoisotopic (exact) mass is 471 g/mol. The molecule has 0 radical (unpaired) electrons. The van der Waals surface area contributed by atoms with Gasteiger partial charge in [-0.25, -0.2) is 0 Å². The van der Waals surface area contributed by atoms with E-state index in [0.717, 1.165) is 37.8 Å². The SMILES string of the molecule is CCc1nnc2sc(-c3ccc(CNC(=O)c4ccc(OC)c(Br)c4)cc3)nn12. The highest BCUT2D eigenvalue weighted by Crippen LogP contribution is 2.27. The first-order valence-corrected chi connectivity index (χ1v) is 10.6. The largest absolute Gasteiger partial charge is 0.496 e. The van der Waals surface area contributed by atoms with Crippen LogP contribution in [0.5, 0.6) is 5.75 Å². The van der Waals surface area contributed by atoms with Gasteiger partial charge in [-0.3, -0.25) is 4.79 Å². The van der Waals surface area contributed by atoms with Crippen LogP contribution >= 0.6 is 27.3 Å². The number of amides is 1. The summed E-state index contributed by atoms with van der Waals surface area (Å²) in [6.45, 7) is 2.47. The first-order valence-electron chi connectivity index (χ1n) is 9.01. The summed E-state index contributed by atoms with van der Waals surface area (Å²) < 4.78 is 7.73. The van der Waals surface area contributed by atoms with E-state index in [1.165, 1.54) is 11.3 Å². The molecule has 0 unspecified atom stereocenters. The first-order chi connectivity index (χ1) is 14.1. The molecule has 0 aliphatic heterocycles. The van der Waals surface area contributed by atoms with Crippen LogP contribution in [0.3, 0.4) is 0 Å². The van der Waals surface area contributed by atoms with Crippen LogP contribution in [0.1, 0.15) is 28.7 Å². The van der Waals surface area contributed by atoms with Crippen LogP contribution in [-0.4, -0.2) is 32.8 Å². The Morgan fingerprint density at radius 1 is 1.21 bits per heavy atom. The Labute approximate surface area is 179 Å². The summed E-state index contributed by atoms with van der Waals surface area (Å²) in [5, 5.41) is 16.7. The van der Waals surface area contributed by atoms with Gasteiger partial charge in [0.25, 0.3) is 5.91 Å². The minimum absolute atomic E-state index is 0.141. The number of nitrogens with one attached hydrogen (secondary N) is 1. The molecule has 2 heterocycles. The molecule has 0 aliphatic rings. The number of carbonyl (C=O) groups excluding carboxylic acids is 1. The normalized spacial score (nSPS) is 11.0. The minimum atomic E-state index is -0.141. The zero-order valence-electron chi connectivity index (χ0n) is 15.8. The molecule has 2 aromatic heterocycles. The van der Waals surface area contributed by atoms with Gasteiger partial charge in [0.15, 0.2) is 5.82 Å². The third-order valence-electron chi connectivity index (χ3n) is 4.44. The number of nitrogens with zero attached hydrogens (tertiary/aromatic N) is 4. The number of rotatable bonds is 6. The molecule has 7 nitrogen and oxygen atoms in total. The third kappa shape index (κ3) is 4.01. The molecule has 0 saturated carbocycles. The van der Waals surface area contributed by atoms with Gasteiger partial charge in [0.2, 0.25) is 4.96 Å². The molecule has 1 N–H and O–H groups in total. The molecule has 0 atom stereocenters. The summed E-state index contributed by atoms with van der Waals surface area (Å²) >= 11 is 4.91. The molecule has 0 fully saturated rings. The highest BCUT2D eigenvalue weighted by Gasteiger charge is 2.12. The molecule has 4 aromatic rings. The standard InChI is InChI=1S/C20H18BrN5O2S/c1-3-17-23-24-20-26(17)25-19(29-20)13-6-4-12(5-7-13)11-22-18(27)14-8-9-16(28-2)15(21)10-14/h4-10H,3,11H2,1-2H3,(H,22,27). The van der Waals surface area contributed by atoms with E-state index in [-0.39, 0.29) is 5.91 Å². The van der Waals surface area contributed by atoms with Gasteiger partial charge in [-0.2, -0.15) is 9.61 Å². The zero-order valence-corrected chi connectivity index (χ0v) is 18.2. The smallest absolute Gasteiger partial charge is 0.251 e. The number of fused-ring (bicyclic) bond motifs is 1. The minimum Gasteiger partial charge on any atom is -0.496 e. The van der Waals surface area contributed by atoms with Crippen LogP contribution in [0.2, 0.25) is 0 Å². The quantitative estimate of drug-likeness (QED) is 0.457. The topological polar surface area (TPSA) is 81.4 Å². The van der Waals surface area contributed by atoms with E-state index < -0.39 is 0 Å². The second-order valence-electron chi connectivity index (χ2n) is 6.30. The van der Waals surface area contributed by atoms with E-state index in [0.29, 0.717) is 17.9 Å². The number of aryl methyl sites for hydroxylation is 1. The van der Waals surface area contributed by atoms with Gasteiger partial charge >= 0.3 is 0 Å². The maximum atomic E-state index is 12.4. The van der Waals surface area contributed by atoms with Gasteiger partial charge in [-0.1, -0.05) is 42.5 Å². The van der Waals surface area contributed by atoms with E-state index in [4.69, 9.17) is 4.74 Å². The van der Waals surface area contributed by atoms with Gasteiger partial charge < -0.3 is 10.1 Å². The fourth-order valence-electron chi connectivity index (χ4n) is 2.85. The van der Waals surface area contributed by atoms with Crippen molar-refractivity contribution < 1.29 is 9.53 Å². The fourth-order valence-corrected chi connectivity index (χ4v) is 4.26. The molecule has 0 bridgehead atoms. The van der Waals surface area contributed by atoms with Crippen LogP contribution in [0, 0.1) is 0 Å². The van der Waals surface area contributed by atoms with E-state index >= 15 is 0 Å². The maximum absolute atomic E-state index is 12.4. The number of hydrogen-bond acceptors (Lipinski definition) is 6. The van der Waals surface area contributed by atoms with E-state index in [1.807, 2.05) is 31.2 Å². The predicted octanol–water partition coefficient (Wildman–Crippen LogP) is 4.12. The lowest BCUT2D eigenvalue weighted by molar-refractivity contribution is 0.0951. The zero-order chi connectivity index (χ0) is 20.4. The number of aromatic nitrogens is 4. The Morgan fingerprint density at radius 2 is 2.00 bits per heavy atom. The summed E-state index contributed by atoms with van der Waals surface area (Å²) in [4.78, 5) is 13.2. The molecular weight excluding hydrogens is 454 g/mol. The Kier molecular flexibility index (Phi) is 5.59. The molecule has 0 spiro atoms. The Hall–Kier alpha value is -2.78. The Balaban J connectivity index is 1.43. The predicted molar refractivity (Wildman–Crippen MR) is 115 cm³/mol. The Morgan fingerprint density at radius 3 is 2.69 bits per heavy atom. The molecule has 1 amide bonds. The second kappa shape index (κ2) is 8.30. The number of benzene rings is 2. The van der Waals surface area contributed by atoms with Crippen LogP contribution in [0.25, 0.3) is 15.5 Å². The maximum Gasteiger partial charge on any atom is 0.251 e. The number of halogens is 1. The Bertz CT molecular complexity index is 1170. The highest BCUT2D eigenvalue weighted by molar-refractivity contribution is 9.10. The molecule has 0 saturated heterocycles. The lowest BCUT2D eigenvalue weighted by Gasteiger charge is -2.08. The van der Waals surface area contributed by atoms with Crippen molar-refractivity contribution in [2.24, 2.45) is 0 Å². The van der Waals surface area contributed by atoms with Crippen LogP contribution < -0.4 is 10.1 Å². The third-order valence-corrected chi connectivity index (χ3v) is 6.01. The average molecular weight is 472 g/mol. The molecule has 2 aromatic carbocycles. The van der Waals surface area contributed by atoms with Crippen molar-refractivity contribution in [2.45, 2.75) is 19.9 Å². The van der Waals surface area contributed by atoms with Crippen molar-refractivity contribution in [3.63, 3.8) is 0 Å². The van der Waals surface area contributed by atoms with Crippen molar-refractivity contribution in [1.29, 1.82) is 0 Å². The summed E-state index contributed by atoms with van der Waals surface area (Å²) in [5.41, 5.74) is 2.59. The summed E-state index contributed by atoms with van der Waals surface area (Å²) in [6, 6.07) is 13.2. The van der Waals surface area contributed by atoms with Crippen LogP contribution in [0.15, 0.2) is 46.9 Å². The number of hydrogen-bond donors (Lipinski definition) is 1. The van der Waals surface area contributed by atoms with E-state index in [9.17, 15) is 4.79 Å². The molecule has 29 heavy (non-hydrogen) atoms. The van der Waals surface area contributed by atoms with Crippen LogP contribution in [0.4, 0.5) is 0 Å². The van der Waals surface area contributed by atoms with Crippen LogP contribution in [-0.2, 0) is 13.0 Å². The summed E-state index contributed by atoms with van der Waals surface area (Å²) in [5.74, 6) is 1.40. The highest BCUT2D eigenvalue weighted by atomic mass is 79.9. The molecule has 148 valence electrons. The van der Waals surface area contributed by atoms with E-state index in [2.05, 4.69) is 36.5 Å². The van der Waals surface area contributed by atoms with Gasteiger partial charge in [-0.05, 0) is 39.7 Å². The molecule has 0 aliphatic carbocycles. The lowest BCUT2D eigenvalue weighted by Crippen LogP contribution is -2.22. The number of carbonyl (C=O) groups is 1. The second-order valence-corrected chi connectivity index (χ2v) is 8.11. The fraction of sp³-hybridized carbons (Fsp3) is 0.200. The van der Waals surface area contributed by atoms with Crippen molar-refractivity contribution >= 4 is 38.1 Å². The average Bonchev–Trinajstić information content (AvgIpc) is 3.33. The van der Waals surface area contributed by atoms with E-state index in [1.54, 1.807) is 29.8 Å². The molecule has 4 rings (SSSR count). The van der Waals surface area contributed by atoms with Gasteiger partial charge in [0.1, 0.15) is 10.8 Å². The van der Waals surface area contributed by atoms with Gasteiger partial charge in [0.05, 0.1) is 11.6 Å². The first kappa shape index (κ1) is 19.5. The van der Waals surface area contributed by atoms with Crippen molar-refractivity contribution in [1.82, 2.24) is 25.1 Å². The molecular formula is C20H18BrN5O2S. The lowest BCUT2D eigenvalue weighted by atomic mass is 10.1. The van der Waals surface area contributed by atoms with Crippen molar-refractivity contribution in [3.8, 4) is 16.3 Å². The van der Waals surface area contributed by atoms with Gasteiger partial charge in [0, 0.05) is 24.1 Å². The van der Waals surface area contributed by atoms with Crippen molar-refractivity contribution in [2.75, 3.05) is 7.11 Å². The summed E-state index contributed by atoms with van der Waals surface area (Å²) in [7, 11) is 1.59. The molecule has 9 heteroatoms. The summed E-state index contributed by atoms with van der Waals surface area (Å²) in [6.07, 6.45) is 0.785. The number of methoxy groups -OCH3 is 1. The van der Waals surface area contributed by atoms with Crippen molar-refractivity contribution in [3.05, 3.63) is 63.9 Å². The number of ether oxygens (including phenoxy) is 1. The van der Waals surface area contributed by atoms with Gasteiger partial charge in [-0.15, -0.1) is 10.2 Å².